The number of halogens is 1. The van der Waals surface area contributed by atoms with Crippen LogP contribution in [0.4, 0.5) is 10.8 Å². The minimum Gasteiger partial charge on any atom is -0.383 e. The Morgan fingerprint density at radius 3 is 2.81 bits per heavy atom. The fourth-order valence-electron chi connectivity index (χ4n) is 1.42. The zero-order valence-corrected chi connectivity index (χ0v) is 10.4. The Morgan fingerprint density at radius 2 is 2.19 bits per heavy atom. The van der Waals surface area contributed by atoms with E-state index in [1.165, 1.54) is 11.5 Å². The lowest BCUT2D eigenvalue weighted by Crippen LogP contribution is -2.15. The molecular formula is C11H12ClN3S. The van der Waals surface area contributed by atoms with Gasteiger partial charge in [0.1, 0.15) is 10.8 Å². The molecule has 0 atom stereocenters. The monoisotopic (exact) mass is 253 g/mol. The first-order valence-corrected chi connectivity index (χ1v) is 5.98. The van der Waals surface area contributed by atoms with E-state index in [-0.39, 0.29) is 0 Å². The Morgan fingerprint density at radius 1 is 1.44 bits per heavy atom. The summed E-state index contributed by atoms with van der Waals surface area (Å²) in [7, 11) is 2.00. The lowest BCUT2D eigenvalue weighted by molar-refractivity contribution is 0.935. The van der Waals surface area contributed by atoms with Crippen molar-refractivity contribution in [2.24, 2.45) is 0 Å². The molecule has 3 nitrogen and oxygen atoms in total. The summed E-state index contributed by atoms with van der Waals surface area (Å²) in [6.45, 7) is 0.751. The van der Waals surface area contributed by atoms with Gasteiger partial charge in [0.05, 0.1) is 0 Å². The number of rotatable bonds is 3. The molecule has 0 radical (unpaired) electrons. The molecule has 1 heterocycles. The minimum atomic E-state index is 0.561. The number of hydrogen-bond acceptors (Lipinski definition) is 4. The summed E-state index contributed by atoms with van der Waals surface area (Å²) in [5, 5.41) is 1.82. The molecule has 5 heteroatoms. The number of nitrogens with zero attached hydrogens (tertiary/aromatic N) is 2. The molecule has 2 aromatic rings. The highest BCUT2D eigenvalue weighted by Crippen LogP contribution is 2.25. The third-order valence-electron chi connectivity index (χ3n) is 2.26. The number of anilines is 2. The third-order valence-corrected chi connectivity index (χ3v) is 3.54. The largest absolute Gasteiger partial charge is 0.383 e. The predicted octanol–water partition coefficient (Wildman–Crippen LogP) is 3.02. The molecule has 0 spiro atoms. The van der Waals surface area contributed by atoms with Gasteiger partial charge < -0.3 is 10.6 Å². The van der Waals surface area contributed by atoms with Gasteiger partial charge in [-0.2, -0.15) is 4.37 Å². The Kier molecular flexibility index (Phi) is 3.31. The van der Waals surface area contributed by atoms with Crippen LogP contribution in [0.25, 0.3) is 0 Å². The van der Waals surface area contributed by atoms with Gasteiger partial charge in [-0.25, -0.2) is 0 Å². The van der Waals surface area contributed by atoms with Crippen molar-refractivity contribution in [1.82, 2.24) is 4.37 Å². The zero-order valence-electron chi connectivity index (χ0n) is 8.85. The first-order valence-electron chi connectivity index (χ1n) is 4.83. The van der Waals surface area contributed by atoms with Crippen LogP contribution in [-0.4, -0.2) is 11.4 Å². The Hall–Kier alpha value is -1.26. The highest BCUT2D eigenvalue weighted by molar-refractivity contribution is 7.10. The van der Waals surface area contributed by atoms with E-state index in [0.717, 1.165) is 22.1 Å². The van der Waals surface area contributed by atoms with Crippen LogP contribution < -0.4 is 10.6 Å². The lowest BCUT2D eigenvalue weighted by atomic mass is 10.2. The molecule has 0 unspecified atom stereocenters. The summed E-state index contributed by atoms with van der Waals surface area (Å²) in [5.74, 6) is 0.561. The maximum absolute atomic E-state index is 6.10. The van der Waals surface area contributed by atoms with Gasteiger partial charge >= 0.3 is 0 Å². The Labute approximate surface area is 104 Å². The third kappa shape index (κ3) is 2.46. The molecule has 0 aliphatic rings. The summed E-state index contributed by atoms with van der Waals surface area (Å²) in [6, 6.07) is 9.68. The van der Waals surface area contributed by atoms with E-state index < -0.39 is 0 Å². The fraction of sp³-hybridized carbons (Fsp3) is 0.182. The van der Waals surface area contributed by atoms with E-state index in [2.05, 4.69) is 9.27 Å². The van der Waals surface area contributed by atoms with E-state index in [1.54, 1.807) is 0 Å². The molecular weight excluding hydrogens is 242 g/mol. The van der Waals surface area contributed by atoms with Crippen molar-refractivity contribution >= 4 is 34.0 Å². The quantitative estimate of drug-likeness (QED) is 0.914. The standard InChI is InChI=1S/C11H12ClN3S/c1-15(11-6-10(13)14-16-11)7-8-4-2-3-5-9(8)12/h2-6H,7H2,1H3,(H2,13,14). The summed E-state index contributed by atoms with van der Waals surface area (Å²) in [6.07, 6.45) is 0. The molecule has 0 aliphatic heterocycles. The normalized spacial score (nSPS) is 10.4. The first kappa shape index (κ1) is 11.2. The summed E-state index contributed by atoms with van der Waals surface area (Å²) >= 11 is 7.49. The predicted molar refractivity (Wildman–Crippen MR) is 70.1 cm³/mol. The molecule has 2 N–H and O–H groups in total. The average molecular weight is 254 g/mol. The van der Waals surface area contributed by atoms with Crippen molar-refractivity contribution in [1.29, 1.82) is 0 Å². The van der Waals surface area contributed by atoms with Gasteiger partial charge in [0.25, 0.3) is 0 Å². The molecule has 1 aromatic carbocycles. The van der Waals surface area contributed by atoms with Crippen molar-refractivity contribution < 1.29 is 0 Å². The van der Waals surface area contributed by atoms with Crippen LogP contribution in [0, 0.1) is 0 Å². The van der Waals surface area contributed by atoms with Gasteiger partial charge in [0.15, 0.2) is 0 Å². The van der Waals surface area contributed by atoms with E-state index in [0.29, 0.717) is 5.82 Å². The van der Waals surface area contributed by atoms with Gasteiger partial charge in [0, 0.05) is 24.7 Å². The molecule has 0 saturated carbocycles. The second kappa shape index (κ2) is 4.72. The maximum atomic E-state index is 6.10. The maximum Gasteiger partial charge on any atom is 0.139 e. The minimum absolute atomic E-state index is 0.561. The highest BCUT2D eigenvalue weighted by Gasteiger charge is 2.07. The zero-order chi connectivity index (χ0) is 11.5. The van der Waals surface area contributed by atoms with Crippen molar-refractivity contribution in [3.05, 3.63) is 40.9 Å². The van der Waals surface area contributed by atoms with E-state index in [1.807, 2.05) is 37.4 Å². The SMILES string of the molecule is CN(Cc1ccccc1Cl)c1cc(N)ns1. The van der Waals surface area contributed by atoms with Crippen LogP contribution in [0.5, 0.6) is 0 Å². The van der Waals surface area contributed by atoms with Crippen LogP contribution in [0.15, 0.2) is 30.3 Å². The fourth-order valence-corrected chi connectivity index (χ4v) is 2.24. The number of benzene rings is 1. The van der Waals surface area contributed by atoms with Crippen molar-refractivity contribution in [3.63, 3.8) is 0 Å². The number of aromatic nitrogens is 1. The lowest BCUT2D eigenvalue weighted by Gasteiger charge is -2.16. The van der Waals surface area contributed by atoms with Crippen LogP contribution in [0.1, 0.15) is 5.56 Å². The van der Waals surface area contributed by atoms with Crippen molar-refractivity contribution in [3.8, 4) is 0 Å². The number of nitrogens with two attached hydrogens (primary N) is 1. The summed E-state index contributed by atoms with van der Waals surface area (Å²) in [5.41, 5.74) is 6.68. The summed E-state index contributed by atoms with van der Waals surface area (Å²) < 4.78 is 4.05. The molecule has 16 heavy (non-hydrogen) atoms. The average Bonchev–Trinajstić information content (AvgIpc) is 2.68. The topological polar surface area (TPSA) is 42.1 Å². The molecule has 0 amide bonds. The van der Waals surface area contributed by atoms with E-state index >= 15 is 0 Å². The van der Waals surface area contributed by atoms with E-state index in [9.17, 15) is 0 Å². The molecule has 0 fully saturated rings. The highest BCUT2D eigenvalue weighted by atomic mass is 35.5. The van der Waals surface area contributed by atoms with Gasteiger partial charge in [-0.3, -0.25) is 0 Å². The molecule has 0 bridgehead atoms. The molecule has 0 saturated heterocycles. The van der Waals surface area contributed by atoms with E-state index in [4.69, 9.17) is 17.3 Å². The van der Waals surface area contributed by atoms with Gasteiger partial charge in [0.2, 0.25) is 0 Å². The van der Waals surface area contributed by atoms with Crippen LogP contribution >= 0.6 is 23.1 Å². The second-order valence-electron chi connectivity index (χ2n) is 3.54. The van der Waals surface area contributed by atoms with Crippen LogP contribution in [-0.2, 0) is 6.54 Å². The smallest absolute Gasteiger partial charge is 0.139 e. The molecule has 84 valence electrons. The molecule has 1 aromatic heterocycles. The van der Waals surface area contributed by atoms with Crippen molar-refractivity contribution in [2.45, 2.75) is 6.54 Å². The van der Waals surface area contributed by atoms with Crippen molar-refractivity contribution in [2.75, 3.05) is 17.7 Å². The van der Waals surface area contributed by atoms with Gasteiger partial charge in [-0.05, 0) is 23.2 Å². The second-order valence-corrected chi connectivity index (χ2v) is 4.73. The van der Waals surface area contributed by atoms with Gasteiger partial charge in [-0.15, -0.1) is 0 Å². The first-order chi connectivity index (χ1) is 7.66. The Bertz CT molecular complexity index is 484. The summed E-state index contributed by atoms with van der Waals surface area (Å²) in [4.78, 5) is 2.08. The van der Waals surface area contributed by atoms with Crippen LogP contribution in [0.3, 0.4) is 0 Å². The molecule has 0 aliphatic carbocycles. The number of nitrogen functional groups attached to an aromatic ring is 1. The molecule has 2 rings (SSSR count). The number of hydrogen-bond donors (Lipinski definition) is 1. The Balaban J connectivity index is 2.13. The van der Waals surface area contributed by atoms with Gasteiger partial charge in [-0.1, -0.05) is 29.8 Å². The van der Waals surface area contributed by atoms with Crippen LogP contribution in [0.2, 0.25) is 5.02 Å².